The Morgan fingerprint density at radius 1 is 1.24 bits per heavy atom. The number of likely N-dealkylation sites (N-methyl/N-ethyl adjacent to an activating group) is 1. The van der Waals surface area contributed by atoms with Crippen LogP contribution in [0.3, 0.4) is 0 Å². The number of benzene rings is 1. The summed E-state index contributed by atoms with van der Waals surface area (Å²) in [5.74, 6) is 0.433. The molecule has 0 heterocycles. The topological polar surface area (TPSA) is 21.3 Å². The molecule has 0 fully saturated rings. The highest BCUT2D eigenvalue weighted by molar-refractivity contribution is 7.99. The molecule has 0 aliphatic carbocycles. The third-order valence-electron chi connectivity index (χ3n) is 2.54. The second-order valence-corrected chi connectivity index (χ2v) is 6.10. The van der Waals surface area contributed by atoms with E-state index in [9.17, 15) is 0 Å². The first kappa shape index (κ1) is 14.6. The van der Waals surface area contributed by atoms with Crippen molar-refractivity contribution < 1.29 is 4.74 Å². The van der Waals surface area contributed by atoms with Gasteiger partial charge in [0.25, 0.3) is 0 Å². The third-order valence-corrected chi connectivity index (χ3v) is 3.56. The SMILES string of the molecule is CNCC(COC)c1ccc(SC(C)C)cc1. The maximum absolute atomic E-state index is 5.26. The molecule has 1 N–H and O–H groups in total. The molecule has 0 aliphatic heterocycles. The van der Waals surface area contributed by atoms with Crippen LogP contribution in [0.25, 0.3) is 0 Å². The normalized spacial score (nSPS) is 13.0. The molecule has 0 saturated carbocycles. The van der Waals surface area contributed by atoms with Gasteiger partial charge in [-0.2, -0.15) is 0 Å². The van der Waals surface area contributed by atoms with Crippen molar-refractivity contribution in [1.82, 2.24) is 5.32 Å². The number of thioether (sulfide) groups is 1. The van der Waals surface area contributed by atoms with Crippen molar-refractivity contribution in [3.05, 3.63) is 29.8 Å². The fraction of sp³-hybridized carbons (Fsp3) is 0.571. The van der Waals surface area contributed by atoms with Gasteiger partial charge in [-0.1, -0.05) is 26.0 Å². The van der Waals surface area contributed by atoms with E-state index in [1.165, 1.54) is 10.5 Å². The predicted octanol–water partition coefficient (Wildman–Crippen LogP) is 3.14. The number of methoxy groups -OCH3 is 1. The molecule has 2 nitrogen and oxygen atoms in total. The van der Waals surface area contributed by atoms with Gasteiger partial charge in [0, 0.05) is 29.7 Å². The second kappa shape index (κ2) is 7.75. The summed E-state index contributed by atoms with van der Waals surface area (Å²) >= 11 is 1.90. The summed E-state index contributed by atoms with van der Waals surface area (Å²) in [4.78, 5) is 1.34. The van der Waals surface area contributed by atoms with Crippen LogP contribution in [0.2, 0.25) is 0 Å². The molecule has 0 radical (unpaired) electrons. The van der Waals surface area contributed by atoms with Gasteiger partial charge in [0.2, 0.25) is 0 Å². The van der Waals surface area contributed by atoms with E-state index in [0.717, 1.165) is 13.2 Å². The van der Waals surface area contributed by atoms with Gasteiger partial charge in [-0.3, -0.25) is 0 Å². The van der Waals surface area contributed by atoms with E-state index < -0.39 is 0 Å². The van der Waals surface area contributed by atoms with Crippen LogP contribution in [0.15, 0.2) is 29.2 Å². The lowest BCUT2D eigenvalue weighted by atomic mass is 10.0. The van der Waals surface area contributed by atoms with Crippen LogP contribution in [-0.2, 0) is 4.74 Å². The lowest BCUT2D eigenvalue weighted by Crippen LogP contribution is -2.20. The zero-order valence-corrected chi connectivity index (χ0v) is 12.0. The molecule has 1 aromatic rings. The molecule has 3 heteroatoms. The molecule has 96 valence electrons. The van der Waals surface area contributed by atoms with Crippen LogP contribution in [0.4, 0.5) is 0 Å². The highest BCUT2D eigenvalue weighted by Crippen LogP contribution is 2.25. The van der Waals surface area contributed by atoms with Crippen molar-refractivity contribution in [3.8, 4) is 0 Å². The minimum Gasteiger partial charge on any atom is -0.384 e. The van der Waals surface area contributed by atoms with Crippen LogP contribution in [0, 0.1) is 0 Å². The standard InChI is InChI=1S/C14H23NOS/c1-11(2)17-14-7-5-12(6-8-14)13(9-15-3)10-16-4/h5-8,11,13,15H,9-10H2,1-4H3. The first-order valence-corrected chi connectivity index (χ1v) is 6.95. The molecule has 1 aromatic carbocycles. The Labute approximate surface area is 109 Å². The first-order valence-electron chi connectivity index (χ1n) is 6.07. The number of nitrogens with one attached hydrogen (secondary N) is 1. The van der Waals surface area contributed by atoms with Crippen molar-refractivity contribution in [1.29, 1.82) is 0 Å². The van der Waals surface area contributed by atoms with Gasteiger partial charge < -0.3 is 10.1 Å². The van der Waals surface area contributed by atoms with E-state index in [-0.39, 0.29) is 0 Å². The third kappa shape index (κ3) is 5.11. The summed E-state index contributed by atoms with van der Waals surface area (Å²) in [7, 11) is 3.73. The van der Waals surface area contributed by atoms with E-state index in [1.54, 1.807) is 7.11 Å². The molecule has 0 bridgehead atoms. The minimum atomic E-state index is 0.433. The van der Waals surface area contributed by atoms with Crippen LogP contribution in [-0.4, -0.2) is 32.6 Å². The summed E-state index contributed by atoms with van der Waals surface area (Å²) in [6.45, 7) is 6.14. The molecule has 0 aromatic heterocycles. The highest BCUT2D eigenvalue weighted by Gasteiger charge is 2.10. The number of rotatable bonds is 7. The van der Waals surface area contributed by atoms with Gasteiger partial charge in [-0.15, -0.1) is 11.8 Å². The molecule has 1 rings (SSSR count). The lowest BCUT2D eigenvalue weighted by Gasteiger charge is -2.16. The van der Waals surface area contributed by atoms with Crippen molar-refractivity contribution in [2.45, 2.75) is 29.9 Å². The van der Waals surface area contributed by atoms with E-state index in [1.807, 2.05) is 18.8 Å². The lowest BCUT2D eigenvalue weighted by molar-refractivity contribution is 0.178. The van der Waals surface area contributed by atoms with Crippen molar-refractivity contribution >= 4 is 11.8 Å². The fourth-order valence-corrected chi connectivity index (χ4v) is 2.65. The zero-order valence-electron chi connectivity index (χ0n) is 11.2. The van der Waals surface area contributed by atoms with Crippen LogP contribution in [0.5, 0.6) is 0 Å². The Kier molecular flexibility index (Phi) is 6.63. The summed E-state index contributed by atoms with van der Waals surface area (Å²) in [5, 5.41) is 3.85. The Bertz CT molecular complexity index is 305. The van der Waals surface area contributed by atoms with Gasteiger partial charge in [-0.05, 0) is 24.7 Å². The molecule has 0 aliphatic rings. The Morgan fingerprint density at radius 2 is 1.88 bits per heavy atom. The van der Waals surface area contributed by atoms with Crippen LogP contribution < -0.4 is 5.32 Å². The molecule has 0 amide bonds. The maximum Gasteiger partial charge on any atom is 0.0543 e. The highest BCUT2D eigenvalue weighted by atomic mass is 32.2. The van der Waals surface area contributed by atoms with Gasteiger partial charge in [0.1, 0.15) is 0 Å². The maximum atomic E-state index is 5.26. The monoisotopic (exact) mass is 253 g/mol. The molecule has 0 saturated heterocycles. The van der Waals surface area contributed by atoms with E-state index >= 15 is 0 Å². The summed E-state index contributed by atoms with van der Waals surface area (Å²) in [5.41, 5.74) is 1.34. The predicted molar refractivity (Wildman–Crippen MR) is 76.0 cm³/mol. The van der Waals surface area contributed by atoms with Crippen LogP contribution in [0.1, 0.15) is 25.3 Å². The van der Waals surface area contributed by atoms with Gasteiger partial charge in [0.05, 0.1) is 6.61 Å². The van der Waals surface area contributed by atoms with Crippen molar-refractivity contribution in [2.75, 3.05) is 27.3 Å². The number of ether oxygens (including phenoxy) is 1. The van der Waals surface area contributed by atoms with E-state index in [4.69, 9.17) is 4.74 Å². The average Bonchev–Trinajstić information content (AvgIpc) is 2.29. The molecule has 1 atom stereocenters. The Balaban J connectivity index is 2.69. The molecular formula is C14H23NOS. The molecule has 1 unspecified atom stereocenters. The van der Waals surface area contributed by atoms with Gasteiger partial charge in [-0.25, -0.2) is 0 Å². The Hall–Kier alpha value is -0.510. The number of hydrogen-bond acceptors (Lipinski definition) is 3. The molecule has 17 heavy (non-hydrogen) atoms. The summed E-state index contributed by atoms with van der Waals surface area (Å²) < 4.78 is 5.26. The summed E-state index contributed by atoms with van der Waals surface area (Å²) in [6, 6.07) is 8.84. The first-order chi connectivity index (χ1) is 8.17. The van der Waals surface area contributed by atoms with Gasteiger partial charge in [0.15, 0.2) is 0 Å². The second-order valence-electron chi connectivity index (χ2n) is 4.45. The van der Waals surface area contributed by atoms with Gasteiger partial charge >= 0.3 is 0 Å². The number of hydrogen-bond donors (Lipinski definition) is 1. The largest absolute Gasteiger partial charge is 0.384 e. The van der Waals surface area contributed by atoms with E-state index in [2.05, 4.69) is 43.4 Å². The zero-order chi connectivity index (χ0) is 12.7. The van der Waals surface area contributed by atoms with Crippen molar-refractivity contribution in [2.24, 2.45) is 0 Å². The molecule has 0 spiro atoms. The summed E-state index contributed by atoms with van der Waals surface area (Å²) in [6.07, 6.45) is 0. The Morgan fingerprint density at radius 3 is 2.35 bits per heavy atom. The molecular weight excluding hydrogens is 230 g/mol. The quantitative estimate of drug-likeness (QED) is 0.754. The average molecular weight is 253 g/mol. The van der Waals surface area contributed by atoms with Crippen molar-refractivity contribution in [3.63, 3.8) is 0 Å². The van der Waals surface area contributed by atoms with E-state index in [0.29, 0.717) is 11.2 Å². The van der Waals surface area contributed by atoms with Crippen LogP contribution >= 0.6 is 11.8 Å². The fourth-order valence-electron chi connectivity index (χ4n) is 1.81. The smallest absolute Gasteiger partial charge is 0.0543 e. The minimum absolute atomic E-state index is 0.433.